The fourth-order valence-corrected chi connectivity index (χ4v) is 2.08. The third-order valence-electron chi connectivity index (χ3n) is 3.69. The highest BCUT2D eigenvalue weighted by atomic mass is 32.1. The van der Waals surface area contributed by atoms with Crippen molar-refractivity contribution in [1.29, 1.82) is 0 Å². The fourth-order valence-electron chi connectivity index (χ4n) is 1.84. The number of aryl methyl sites for hydroxylation is 1. The minimum absolute atomic E-state index is 0.0870. The van der Waals surface area contributed by atoms with Crippen molar-refractivity contribution < 1.29 is 4.79 Å². The Balaban J connectivity index is 2.56. The van der Waals surface area contributed by atoms with E-state index in [1.54, 1.807) is 6.92 Å². The molecule has 19 heavy (non-hydrogen) atoms. The van der Waals surface area contributed by atoms with Crippen molar-refractivity contribution in [1.82, 2.24) is 5.32 Å². The van der Waals surface area contributed by atoms with E-state index in [0.29, 0.717) is 13.0 Å². The minimum Gasteiger partial charge on any atom is -0.392 e. The van der Waals surface area contributed by atoms with Crippen molar-refractivity contribution in [3.05, 3.63) is 35.4 Å². The molecule has 0 saturated carbocycles. The van der Waals surface area contributed by atoms with Gasteiger partial charge in [0.2, 0.25) is 5.91 Å². The van der Waals surface area contributed by atoms with Gasteiger partial charge >= 0.3 is 0 Å². The lowest BCUT2D eigenvalue weighted by molar-refractivity contribution is -0.126. The summed E-state index contributed by atoms with van der Waals surface area (Å²) in [4.78, 5) is 12.4. The monoisotopic (exact) mass is 278 g/mol. The normalized spacial score (nSPS) is 13.6. The van der Waals surface area contributed by atoms with Gasteiger partial charge < -0.3 is 11.1 Å². The third kappa shape index (κ3) is 3.77. The molecule has 0 aliphatic heterocycles. The van der Waals surface area contributed by atoms with Gasteiger partial charge in [0.25, 0.3) is 0 Å². The first-order valence-corrected chi connectivity index (χ1v) is 6.95. The molecule has 0 radical (unpaired) electrons. The number of carbonyl (C=O) groups excluding carboxylic acids is 1. The highest BCUT2D eigenvalue weighted by Gasteiger charge is 2.34. The zero-order valence-corrected chi connectivity index (χ0v) is 12.6. The summed E-state index contributed by atoms with van der Waals surface area (Å²) < 4.78 is 0. The van der Waals surface area contributed by atoms with Crippen LogP contribution in [-0.4, -0.2) is 17.4 Å². The van der Waals surface area contributed by atoms with Gasteiger partial charge in [-0.25, -0.2) is 0 Å². The summed E-state index contributed by atoms with van der Waals surface area (Å²) in [6, 6.07) is 8.17. The van der Waals surface area contributed by atoms with Crippen molar-refractivity contribution in [2.45, 2.75) is 33.6 Å². The van der Waals surface area contributed by atoms with Crippen LogP contribution in [0.15, 0.2) is 24.3 Å². The first-order valence-electron chi connectivity index (χ1n) is 6.54. The van der Waals surface area contributed by atoms with Crippen molar-refractivity contribution in [3.8, 4) is 0 Å². The Morgan fingerprint density at radius 3 is 2.58 bits per heavy atom. The second kappa shape index (κ2) is 6.66. The van der Waals surface area contributed by atoms with E-state index < -0.39 is 5.41 Å². The highest BCUT2D eigenvalue weighted by molar-refractivity contribution is 7.80. The summed E-state index contributed by atoms with van der Waals surface area (Å²) >= 11 is 4.99. The molecule has 3 nitrogen and oxygen atoms in total. The molecule has 4 heteroatoms. The van der Waals surface area contributed by atoms with Crippen molar-refractivity contribution >= 4 is 23.1 Å². The Bertz CT molecular complexity index is 473. The molecule has 0 spiro atoms. The molecule has 0 heterocycles. The van der Waals surface area contributed by atoms with E-state index in [2.05, 4.69) is 24.4 Å². The molecule has 0 aromatic heterocycles. The van der Waals surface area contributed by atoms with E-state index in [1.165, 1.54) is 11.1 Å². The summed E-state index contributed by atoms with van der Waals surface area (Å²) in [5.74, 6) is -0.0870. The number of amides is 1. The van der Waals surface area contributed by atoms with E-state index >= 15 is 0 Å². The molecule has 104 valence electrons. The van der Waals surface area contributed by atoms with E-state index in [-0.39, 0.29) is 10.9 Å². The van der Waals surface area contributed by atoms with Crippen LogP contribution in [0.1, 0.15) is 31.4 Å². The van der Waals surface area contributed by atoms with Crippen LogP contribution in [0.3, 0.4) is 0 Å². The molecule has 0 aliphatic carbocycles. The number of nitrogens with two attached hydrogens (primary N) is 1. The average molecular weight is 278 g/mol. The van der Waals surface area contributed by atoms with Crippen LogP contribution in [0.4, 0.5) is 0 Å². The van der Waals surface area contributed by atoms with Crippen LogP contribution < -0.4 is 11.1 Å². The molecule has 0 aliphatic rings. The topological polar surface area (TPSA) is 55.1 Å². The molecule has 1 atom stereocenters. The number of hydrogen-bond acceptors (Lipinski definition) is 2. The minimum atomic E-state index is -0.749. The number of benzene rings is 1. The zero-order chi connectivity index (χ0) is 14.5. The maximum atomic E-state index is 12.1. The van der Waals surface area contributed by atoms with Gasteiger partial charge in [-0.3, -0.25) is 4.79 Å². The highest BCUT2D eigenvalue weighted by Crippen LogP contribution is 2.21. The van der Waals surface area contributed by atoms with Gasteiger partial charge in [0.05, 0.1) is 10.4 Å². The standard InChI is InChI=1S/C15H22N2OS/c1-4-15(3,13(16)19)14(18)17-10-9-12-8-6-5-7-11(12)2/h5-8H,4,9-10H2,1-3H3,(H2,16,19)(H,17,18). The molecule has 1 amide bonds. The Kier molecular flexibility index (Phi) is 5.48. The third-order valence-corrected chi connectivity index (χ3v) is 4.14. The Morgan fingerprint density at radius 1 is 1.42 bits per heavy atom. The second-order valence-electron chi connectivity index (χ2n) is 4.98. The maximum absolute atomic E-state index is 12.1. The number of nitrogens with one attached hydrogen (secondary N) is 1. The lowest BCUT2D eigenvalue weighted by Crippen LogP contribution is -2.47. The summed E-state index contributed by atoms with van der Waals surface area (Å²) in [5.41, 5.74) is 7.40. The summed E-state index contributed by atoms with van der Waals surface area (Å²) in [5, 5.41) is 2.92. The largest absolute Gasteiger partial charge is 0.392 e. The molecule has 1 unspecified atom stereocenters. The maximum Gasteiger partial charge on any atom is 0.232 e. The van der Waals surface area contributed by atoms with Gasteiger partial charge in [0.1, 0.15) is 0 Å². The lowest BCUT2D eigenvalue weighted by atomic mass is 9.86. The van der Waals surface area contributed by atoms with Gasteiger partial charge in [0, 0.05) is 6.54 Å². The van der Waals surface area contributed by atoms with Gasteiger partial charge in [-0.15, -0.1) is 0 Å². The fraction of sp³-hybridized carbons (Fsp3) is 0.467. The molecule has 3 N–H and O–H groups in total. The zero-order valence-electron chi connectivity index (χ0n) is 11.8. The van der Waals surface area contributed by atoms with Crippen LogP contribution in [0.5, 0.6) is 0 Å². The van der Waals surface area contributed by atoms with Crippen LogP contribution in [-0.2, 0) is 11.2 Å². The molecule has 0 fully saturated rings. The number of hydrogen-bond donors (Lipinski definition) is 2. The van der Waals surface area contributed by atoms with E-state index in [0.717, 1.165) is 6.42 Å². The Labute approximate surface area is 120 Å². The molecule has 0 bridgehead atoms. The van der Waals surface area contributed by atoms with Gasteiger partial charge in [0.15, 0.2) is 0 Å². The molecular weight excluding hydrogens is 256 g/mol. The van der Waals surface area contributed by atoms with Crippen molar-refractivity contribution in [3.63, 3.8) is 0 Å². The quantitative estimate of drug-likeness (QED) is 0.785. The summed E-state index contributed by atoms with van der Waals surface area (Å²) in [6.07, 6.45) is 1.42. The van der Waals surface area contributed by atoms with E-state index in [4.69, 9.17) is 18.0 Å². The smallest absolute Gasteiger partial charge is 0.232 e. The first kappa shape index (κ1) is 15.6. The first-order chi connectivity index (χ1) is 8.91. The lowest BCUT2D eigenvalue weighted by Gasteiger charge is -2.25. The van der Waals surface area contributed by atoms with Gasteiger partial charge in [-0.1, -0.05) is 43.4 Å². The van der Waals surface area contributed by atoms with Crippen LogP contribution in [0.2, 0.25) is 0 Å². The predicted octanol–water partition coefficient (Wildman–Crippen LogP) is 2.36. The molecule has 0 saturated heterocycles. The second-order valence-corrected chi connectivity index (χ2v) is 5.42. The van der Waals surface area contributed by atoms with Crippen LogP contribution in [0, 0.1) is 12.3 Å². The van der Waals surface area contributed by atoms with Gasteiger partial charge in [-0.05, 0) is 37.8 Å². The van der Waals surface area contributed by atoms with Crippen molar-refractivity contribution in [2.75, 3.05) is 6.54 Å². The van der Waals surface area contributed by atoms with Crippen molar-refractivity contribution in [2.24, 2.45) is 11.1 Å². The van der Waals surface area contributed by atoms with E-state index in [9.17, 15) is 4.79 Å². The number of thiocarbonyl (C=S) groups is 1. The molecular formula is C15H22N2OS. The number of carbonyl (C=O) groups is 1. The average Bonchev–Trinajstić information content (AvgIpc) is 2.39. The molecule has 1 rings (SSSR count). The van der Waals surface area contributed by atoms with E-state index in [1.807, 2.05) is 19.1 Å². The predicted molar refractivity (Wildman–Crippen MR) is 83.1 cm³/mol. The SMILES string of the molecule is CCC(C)(C(=O)NCCc1ccccc1C)C(N)=S. The number of rotatable bonds is 6. The summed E-state index contributed by atoms with van der Waals surface area (Å²) in [6.45, 7) is 6.38. The van der Waals surface area contributed by atoms with Gasteiger partial charge in [-0.2, -0.15) is 0 Å². The Hall–Kier alpha value is -1.42. The molecule has 1 aromatic rings. The van der Waals surface area contributed by atoms with Crippen LogP contribution in [0.25, 0.3) is 0 Å². The summed E-state index contributed by atoms with van der Waals surface area (Å²) in [7, 11) is 0. The van der Waals surface area contributed by atoms with Crippen LogP contribution >= 0.6 is 12.2 Å². The molecule has 1 aromatic carbocycles. The Morgan fingerprint density at radius 2 is 2.05 bits per heavy atom.